The van der Waals surface area contributed by atoms with Crippen LogP contribution in [0, 0.1) is 13.8 Å². The van der Waals surface area contributed by atoms with Crippen molar-refractivity contribution in [2.75, 3.05) is 7.11 Å². The van der Waals surface area contributed by atoms with Gasteiger partial charge in [-0.05, 0) is 116 Å². The van der Waals surface area contributed by atoms with Crippen molar-refractivity contribution in [1.82, 2.24) is 5.32 Å². The Morgan fingerprint density at radius 1 is 1.05 bits per heavy atom. The number of carbonyl (C=O) groups excluding carboxylic acids is 1. The number of nitrogens with one attached hydrogen (secondary N) is 1. The summed E-state index contributed by atoms with van der Waals surface area (Å²) < 4.78 is 11.9. The first-order chi connectivity index (χ1) is 19.5. The predicted octanol–water partition coefficient (Wildman–Crippen LogP) is 8.60. The number of phenolic OH excluding ortho intramolecular Hbond substituents is 1. The lowest BCUT2D eigenvalue weighted by Crippen LogP contribution is -2.36. The predicted molar refractivity (Wildman–Crippen MR) is 169 cm³/mol. The van der Waals surface area contributed by atoms with Crippen molar-refractivity contribution in [2.45, 2.75) is 105 Å². The number of aromatic hydroxyl groups is 1. The third-order valence-corrected chi connectivity index (χ3v) is 8.25. The van der Waals surface area contributed by atoms with E-state index in [2.05, 4.69) is 38.2 Å². The molecule has 5 heteroatoms. The molecule has 0 radical (unpaired) electrons. The zero-order valence-corrected chi connectivity index (χ0v) is 26.2. The van der Waals surface area contributed by atoms with Gasteiger partial charge in [0, 0.05) is 23.2 Å². The van der Waals surface area contributed by atoms with Gasteiger partial charge in [-0.1, -0.05) is 47.6 Å². The van der Waals surface area contributed by atoms with E-state index in [4.69, 9.17) is 9.47 Å². The first-order valence-electron chi connectivity index (χ1n) is 14.9. The number of amides is 1. The molecule has 1 atom stereocenters. The van der Waals surface area contributed by atoms with E-state index < -0.39 is 0 Å². The van der Waals surface area contributed by atoms with Gasteiger partial charge in [0.2, 0.25) is 5.91 Å². The molecule has 0 spiro atoms. The summed E-state index contributed by atoms with van der Waals surface area (Å²) >= 11 is 0. The molecule has 0 fully saturated rings. The lowest BCUT2D eigenvalue weighted by Gasteiger charge is -2.37. The summed E-state index contributed by atoms with van der Waals surface area (Å²) in [6.45, 7) is 12.9. The lowest BCUT2D eigenvalue weighted by atomic mass is 9.86. The molecule has 1 heterocycles. The topological polar surface area (TPSA) is 67.8 Å². The SMILES string of the molecule is COc1ccccc1CNC(=O)/C(C)=C/CC/C(C)=C/CC/C(C)=C/CC[C@]1(C)CCc2c(C)c(O)cc(C)c2O1. The van der Waals surface area contributed by atoms with E-state index in [0.29, 0.717) is 12.3 Å². The molecule has 0 bridgehead atoms. The summed E-state index contributed by atoms with van der Waals surface area (Å²) in [4.78, 5) is 12.5. The Bertz CT molecular complexity index is 1300. The number of phenols is 1. The van der Waals surface area contributed by atoms with Gasteiger partial charge in [0.05, 0.1) is 7.11 Å². The Kier molecular flexibility index (Phi) is 11.7. The third kappa shape index (κ3) is 9.27. The fraction of sp³-hybridized carbons (Fsp3) is 0.472. The Morgan fingerprint density at radius 2 is 1.71 bits per heavy atom. The molecular weight excluding hydrogens is 510 g/mol. The first-order valence-corrected chi connectivity index (χ1v) is 14.9. The number of hydrogen-bond acceptors (Lipinski definition) is 4. The van der Waals surface area contributed by atoms with Crippen molar-refractivity contribution < 1.29 is 19.4 Å². The number of allylic oxidation sites excluding steroid dienone is 5. The fourth-order valence-corrected chi connectivity index (χ4v) is 5.40. The molecular formula is C36H49NO4. The van der Waals surface area contributed by atoms with Gasteiger partial charge in [0.1, 0.15) is 22.8 Å². The van der Waals surface area contributed by atoms with Crippen LogP contribution in [-0.2, 0) is 17.8 Å². The van der Waals surface area contributed by atoms with E-state index in [1.807, 2.05) is 57.2 Å². The lowest BCUT2D eigenvalue weighted by molar-refractivity contribution is -0.117. The zero-order chi connectivity index (χ0) is 30.0. The summed E-state index contributed by atoms with van der Waals surface area (Å²) in [5.74, 6) is 2.08. The van der Waals surface area contributed by atoms with Crippen LogP contribution in [0.1, 0.15) is 94.9 Å². The van der Waals surface area contributed by atoms with Gasteiger partial charge < -0.3 is 19.9 Å². The molecule has 2 aromatic rings. The van der Waals surface area contributed by atoms with Crippen molar-refractivity contribution in [2.24, 2.45) is 0 Å². The van der Waals surface area contributed by atoms with Gasteiger partial charge in [-0.3, -0.25) is 4.79 Å². The average molecular weight is 560 g/mol. The maximum atomic E-state index is 12.5. The van der Waals surface area contributed by atoms with Crippen LogP contribution in [0.2, 0.25) is 0 Å². The minimum atomic E-state index is -0.175. The summed E-state index contributed by atoms with van der Waals surface area (Å²) in [6.07, 6.45) is 14.5. The van der Waals surface area contributed by atoms with Crippen molar-refractivity contribution >= 4 is 5.91 Å². The van der Waals surface area contributed by atoms with E-state index in [1.54, 1.807) is 7.11 Å². The van der Waals surface area contributed by atoms with Gasteiger partial charge >= 0.3 is 0 Å². The normalized spacial score (nSPS) is 17.6. The molecule has 0 saturated carbocycles. The van der Waals surface area contributed by atoms with Crippen LogP contribution in [0.4, 0.5) is 0 Å². The molecule has 1 aliphatic heterocycles. The molecule has 2 N–H and O–H groups in total. The first kappa shape index (κ1) is 32.0. The maximum absolute atomic E-state index is 12.5. The number of methoxy groups -OCH3 is 1. The van der Waals surface area contributed by atoms with E-state index >= 15 is 0 Å². The number of fused-ring (bicyclic) bond motifs is 1. The van der Waals surface area contributed by atoms with Crippen molar-refractivity contribution in [3.8, 4) is 17.2 Å². The van der Waals surface area contributed by atoms with Gasteiger partial charge in [-0.25, -0.2) is 0 Å². The minimum absolute atomic E-state index is 0.0421. The highest BCUT2D eigenvalue weighted by Crippen LogP contribution is 2.42. The van der Waals surface area contributed by atoms with Gasteiger partial charge in [-0.15, -0.1) is 0 Å². The third-order valence-electron chi connectivity index (χ3n) is 8.25. The maximum Gasteiger partial charge on any atom is 0.246 e. The molecule has 1 amide bonds. The number of ether oxygens (including phenoxy) is 2. The van der Waals surface area contributed by atoms with Crippen LogP contribution < -0.4 is 14.8 Å². The second-order valence-electron chi connectivity index (χ2n) is 11.8. The minimum Gasteiger partial charge on any atom is -0.508 e. The monoisotopic (exact) mass is 559 g/mol. The molecule has 0 aliphatic carbocycles. The van der Waals surface area contributed by atoms with E-state index in [0.717, 1.165) is 90.7 Å². The number of carbonyl (C=O) groups is 1. The van der Waals surface area contributed by atoms with Crippen molar-refractivity contribution in [1.29, 1.82) is 0 Å². The summed E-state index contributed by atoms with van der Waals surface area (Å²) in [5.41, 5.74) is 7.42. The molecule has 41 heavy (non-hydrogen) atoms. The summed E-state index contributed by atoms with van der Waals surface area (Å²) in [7, 11) is 1.64. The second-order valence-corrected chi connectivity index (χ2v) is 11.8. The molecule has 3 rings (SSSR count). The number of rotatable bonds is 13. The van der Waals surface area contributed by atoms with E-state index in [1.165, 1.54) is 11.1 Å². The van der Waals surface area contributed by atoms with E-state index in [9.17, 15) is 9.90 Å². The van der Waals surface area contributed by atoms with E-state index in [-0.39, 0.29) is 11.5 Å². The highest BCUT2D eigenvalue weighted by atomic mass is 16.5. The molecule has 222 valence electrons. The fourth-order valence-electron chi connectivity index (χ4n) is 5.40. The summed E-state index contributed by atoms with van der Waals surface area (Å²) in [5, 5.41) is 13.1. The molecule has 5 nitrogen and oxygen atoms in total. The highest BCUT2D eigenvalue weighted by molar-refractivity contribution is 5.92. The van der Waals surface area contributed by atoms with Crippen LogP contribution in [0.25, 0.3) is 0 Å². The van der Waals surface area contributed by atoms with Crippen LogP contribution in [0.15, 0.2) is 65.3 Å². The smallest absolute Gasteiger partial charge is 0.246 e. The Balaban J connectivity index is 1.38. The van der Waals surface area contributed by atoms with Crippen LogP contribution >= 0.6 is 0 Å². The molecule has 2 aromatic carbocycles. The highest BCUT2D eigenvalue weighted by Gasteiger charge is 2.33. The van der Waals surface area contributed by atoms with Crippen molar-refractivity contribution in [3.05, 3.63) is 87.5 Å². The Morgan fingerprint density at radius 3 is 2.41 bits per heavy atom. The number of aryl methyl sites for hydroxylation is 1. The van der Waals surface area contributed by atoms with Crippen LogP contribution in [0.3, 0.4) is 0 Å². The van der Waals surface area contributed by atoms with Crippen LogP contribution in [-0.4, -0.2) is 23.7 Å². The molecule has 0 saturated heterocycles. The van der Waals surface area contributed by atoms with Crippen LogP contribution in [0.5, 0.6) is 17.2 Å². The average Bonchev–Trinajstić information content (AvgIpc) is 2.94. The molecule has 1 aliphatic rings. The Labute approximate surface area is 247 Å². The Hall–Kier alpha value is -3.47. The quantitative estimate of drug-likeness (QED) is 0.190. The second kappa shape index (κ2) is 15.0. The van der Waals surface area contributed by atoms with Gasteiger partial charge in [0.15, 0.2) is 0 Å². The van der Waals surface area contributed by atoms with Gasteiger partial charge in [0.25, 0.3) is 0 Å². The number of para-hydroxylation sites is 1. The molecule has 0 unspecified atom stereocenters. The number of benzene rings is 2. The summed E-state index contributed by atoms with van der Waals surface area (Å²) in [6, 6.07) is 9.55. The standard InChI is InChI=1S/C36H49NO4/c1-25(15-11-17-27(3)35(39)37-24-30-18-8-9-19-33(30)40-7)13-10-14-26(2)16-12-21-36(6)22-20-31-29(5)32(38)23-28(4)34(31)41-36/h8-9,13,16-19,23,38H,10-12,14-15,20-22,24H2,1-7H3,(H,37,39)/b25-13+,26-16+,27-17+/t36-/m1/s1. The largest absolute Gasteiger partial charge is 0.508 e. The molecule has 0 aromatic heterocycles. The zero-order valence-electron chi connectivity index (χ0n) is 26.2. The number of hydrogen-bond donors (Lipinski definition) is 2. The van der Waals surface area contributed by atoms with Crippen molar-refractivity contribution in [3.63, 3.8) is 0 Å². The van der Waals surface area contributed by atoms with Gasteiger partial charge in [-0.2, -0.15) is 0 Å².